The first-order valence-electron chi connectivity index (χ1n) is 7.52. The smallest absolute Gasteiger partial charge is 0.259 e. The van der Waals surface area contributed by atoms with Crippen molar-refractivity contribution in [2.24, 2.45) is 0 Å². The first-order chi connectivity index (χ1) is 11.5. The van der Waals surface area contributed by atoms with Crippen molar-refractivity contribution in [1.29, 1.82) is 0 Å². The van der Waals surface area contributed by atoms with Gasteiger partial charge >= 0.3 is 0 Å². The zero-order valence-electron chi connectivity index (χ0n) is 13.1. The minimum atomic E-state index is -0.325. The van der Waals surface area contributed by atoms with Gasteiger partial charge in [-0.2, -0.15) is 0 Å². The minimum Gasteiger partial charge on any atom is -0.348 e. The van der Waals surface area contributed by atoms with Crippen LogP contribution in [0.25, 0.3) is 10.8 Å². The molecule has 1 amide bonds. The molecular weight excluding hydrogens is 309 g/mol. The van der Waals surface area contributed by atoms with Crippen LogP contribution in [0, 0.1) is 5.82 Å². The van der Waals surface area contributed by atoms with E-state index < -0.39 is 0 Å². The fourth-order valence-corrected chi connectivity index (χ4v) is 2.53. The fourth-order valence-electron chi connectivity index (χ4n) is 2.53. The van der Waals surface area contributed by atoms with E-state index in [4.69, 9.17) is 0 Å². The lowest BCUT2D eigenvalue weighted by Gasteiger charge is -2.15. The van der Waals surface area contributed by atoms with E-state index in [0.29, 0.717) is 5.39 Å². The second-order valence-corrected chi connectivity index (χ2v) is 5.55. The predicted molar refractivity (Wildman–Crippen MR) is 89.0 cm³/mol. The lowest BCUT2D eigenvalue weighted by Crippen LogP contribution is -2.33. The van der Waals surface area contributed by atoms with Crippen molar-refractivity contribution in [2.75, 3.05) is 0 Å². The highest BCUT2D eigenvalue weighted by atomic mass is 19.1. The van der Waals surface area contributed by atoms with Crippen LogP contribution in [0.15, 0.2) is 59.8 Å². The van der Waals surface area contributed by atoms with Gasteiger partial charge in [0, 0.05) is 24.0 Å². The third-order valence-electron chi connectivity index (χ3n) is 3.84. The topological polar surface area (TPSA) is 64.0 Å². The number of carbonyl (C=O) groups is 1. The third-order valence-corrected chi connectivity index (χ3v) is 3.84. The molecule has 0 bridgehead atoms. The number of aromatic nitrogens is 2. The van der Waals surface area contributed by atoms with Gasteiger partial charge in [-0.3, -0.25) is 14.6 Å². The molecule has 2 heterocycles. The second-order valence-electron chi connectivity index (χ2n) is 5.55. The van der Waals surface area contributed by atoms with Gasteiger partial charge in [-0.1, -0.05) is 12.1 Å². The van der Waals surface area contributed by atoms with E-state index in [2.05, 4.69) is 10.3 Å². The Bertz CT molecular complexity index is 935. The van der Waals surface area contributed by atoms with E-state index in [1.807, 2.05) is 0 Å². The average Bonchev–Trinajstić information content (AvgIpc) is 2.58. The number of pyridine rings is 2. The van der Waals surface area contributed by atoms with E-state index in [1.165, 1.54) is 16.7 Å². The van der Waals surface area contributed by atoms with E-state index in [-0.39, 0.29) is 29.9 Å². The van der Waals surface area contributed by atoms with Crippen molar-refractivity contribution in [3.05, 3.63) is 76.7 Å². The van der Waals surface area contributed by atoms with Crippen molar-refractivity contribution in [1.82, 2.24) is 14.9 Å². The maximum atomic E-state index is 12.9. The lowest BCUT2D eigenvalue weighted by molar-refractivity contribution is -0.122. The van der Waals surface area contributed by atoms with Gasteiger partial charge < -0.3 is 9.88 Å². The van der Waals surface area contributed by atoms with Crippen LogP contribution in [0.3, 0.4) is 0 Å². The molecule has 0 aliphatic carbocycles. The van der Waals surface area contributed by atoms with Crippen molar-refractivity contribution in [3.8, 4) is 0 Å². The highest BCUT2D eigenvalue weighted by Crippen LogP contribution is 2.13. The van der Waals surface area contributed by atoms with Gasteiger partial charge in [0.2, 0.25) is 5.91 Å². The molecule has 0 unspecified atom stereocenters. The third kappa shape index (κ3) is 3.32. The molecule has 24 heavy (non-hydrogen) atoms. The Morgan fingerprint density at radius 1 is 1.25 bits per heavy atom. The maximum Gasteiger partial charge on any atom is 0.259 e. The van der Waals surface area contributed by atoms with Crippen LogP contribution in [-0.4, -0.2) is 15.5 Å². The number of amides is 1. The van der Waals surface area contributed by atoms with Crippen LogP contribution in [0.2, 0.25) is 0 Å². The molecule has 5 nitrogen and oxygen atoms in total. The Hall–Kier alpha value is -3.02. The second kappa shape index (κ2) is 6.62. The summed E-state index contributed by atoms with van der Waals surface area (Å²) in [5.41, 5.74) is 0.557. The molecule has 0 fully saturated rings. The average molecular weight is 325 g/mol. The molecule has 0 radical (unpaired) electrons. The number of benzene rings is 1. The van der Waals surface area contributed by atoms with Crippen LogP contribution in [0.5, 0.6) is 0 Å². The summed E-state index contributed by atoms with van der Waals surface area (Å²) in [5.74, 6) is -0.614. The molecule has 0 spiro atoms. The zero-order valence-corrected chi connectivity index (χ0v) is 13.1. The number of halogens is 1. The van der Waals surface area contributed by atoms with Crippen molar-refractivity contribution >= 4 is 16.7 Å². The Labute approximate surface area is 137 Å². The standard InChI is InChI=1S/C18H16FN3O2/c1-12(13-2-4-15(19)5-3-13)21-17(23)11-22-9-7-14-10-20-8-6-16(14)18(22)24/h2-10,12H,11H2,1H3,(H,21,23)/t12-/m0/s1. The summed E-state index contributed by atoms with van der Waals surface area (Å²) in [6.07, 6.45) is 4.73. The summed E-state index contributed by atoms with van der Waals surface area (Å²) in [6, 6.07) is 9.04. The summed E-state index contributed by atoms with van der Waals surface area (Å²) in [7, 11) is 0. The Kier molecular flexibility index (Phi) is 4.37. The Morgan fingerprint density at radius 3 is 2.75 bits per heavy atom. The molecule has 122 valence electrons. The number of fused-ring (bicyclic) bond motifs is 1. The molecule has 1 atom stereocenters. The number of hydrogen-bond acceptors (Lipinski definition) is 3. The first-order valence-corrected chi connectivity index (χ1v) is 7.52. The minimum absolute atomic E-state index is 0.0807. The summed E-state index contributed by atoms with van der Waals surface area (Å²) in [4.78, 5) is 28.5. The van der Waals surface area contributed by atoms with Crippen LogP contribution < -0.4 is 10.9 Å². The number of rotatable bonds is 4. The highest BCUT2D eigenvalue weighted by molar-refractivity contribution is 5.81. The summed E-state index contributed by atoms with van der Waals surface area (Å²) >= 11 is 0. The number of carbonyl (C=O) groups excluding carboxylic acids is 1. The van der Waals surface area contributed by atoms with Crippen molar-refractivity contribution in [2.45, 2.75) is 19.5 Å². The number of hydrogen-bond donors (Lipinski definition) is 1. The van der Waals surface area contributed by atoms with Crippen LogP contribution >= 0.6 is 0 Å². The largest absolute Gasteiger partial charge is 0.348 e. The van der Waals surface area contributed by atoms with Gasteiger partial charge in [0.05, 0.1) is 11.4 Å². The Balaban J connectivity index is 1.74. The lowest BCUT2D eigenvalue weighted by atomic mass is 10.1. The Morgan fingerprint density at radius 2 is 2.00 bits per heavy atom. The molecule has 1 N–H and O–H groups in total. The number of nitrogens with one attached hydrogen (secondary N) is 1. The monoisotopic (exact) mass is 325 g/mol. The SMILES string of the molecule is C[C@H](NC(=O)Cn1ccc2cnccc2c1=O)c1ccc(F)cc1. The fraction of sp³-hybridized carbons (Fsp3) is 0.167. The van der Waals surface area contributed by atoms with Crippen LogP contribution in [0.4, 0.5) is 4.39 Å². The van der Waals surface area contributed by atoms with E-state index in [9.17, 15) is 14.0 Å². The predicted octanol–water partition coefficient (Wildman–Crippen LogP) is 2.41. The quantitative estimate of drug-likeness (QED) is 0.801. The molecule has 2 aromatic heterocycles. The van der Waals surface area contributed by atoms with Gasteiger partial charge in [0.15, 0.2) is 0 Å². The molecule has 3 rings (SSSR count). The van der Waals surface area contributed by atoms with E-state index in [0.717, 1.165) is 10.9 Å². The normalized spacial score (nSPS) is 12.1. The molecule has 6 heteroatoms. The molecule has 0 aliphatic rings. The molecule has 3 aromatic rings. The van der Waals surface area contributed by atoms with Gasteiger partial charge in [-0.25, -0.2) is 4.39 Å². The summed E-state index contributed by atoms with van der Waals surface area (Å²) in [5, 5.41) is 4.06. The molecular formula is C18H16FN3O2. The first kappa shape index (κ1) is 15.9. The van der Waals surface area contributed by atoms with Gasteiger partial charge in [-0.05, 0) is 36.8 Å². The molecule has 0 aliphatic heterocycles. The number of nitrogens with zero attached hydrogens (tertiary/aromatic N) is 2. The zero-order chi connectivity index (χ0) is 17.1. The van der Waals surface area contributed by atoms with Crippen molar-refractivity contribution < 1.29 is 9.18 Å². The highest BCUT2D eigenvalue weighted by Gasteiger charge is 2.11. The summed E-state index contributed by atoms with van der Waals surface area (Å²) in [6.45, 7) is 1.72. The van der Waals surface area contributed by atoms with Crippen LogP contribution in [0.1, 0.15) is 18.5 Å². The summed E-state index contributed by atoms with van der Waals surface area (Å²) < 4.78 is 14.3. The molecule has 1 aromatic carbocycles. The van der Waals surface area contributed by atoms with Gasteiger partial charge in [0.25, 0.3) is 5.56 Å². The van der Waals surface area contributed by atoms with Crippen molar-refractivity contribution in [3.63, 3.8) is 0 Å². The van der Waals surface area contributed by atoms with Gasteiger partial charge in [0.1, 0.15) is 12.4 Å². The van der Waals surface area contributed by atoms with Gasteiger partial charge in [-0.15, -0.1) is 0 Å². The van der Waals surface area contributed by atoms with Crippen LogP contribution in [-0.2, 0) is 11.3 Å². The maximum absolute atomic E-state index is 12.9. The van der Waals surface area contributed by atoms with E-state index >= 15 is 0 Å². The molecule has 0 saturated carbocycles. The van der Waals surface area contributed by atoms with E-state index in [1.54, 1.807) is 49.8 Å². The molecule has 0 saturated heterocycles.